The molecule has 6 nitrogen and oxygen atoms in total. The Morgan fingerprint density at radius 3 is 3.31 bits per heavy atom. The molecule has 2 heterocycles. The molecule has 1 saturated heterocycles. The average Bonchev–Trinajstić information content (AvgIpc) is 2.76. The summed E-state index contributed by atoms with van der Waals surface area (Å²) in [6.07, 6.45) is 1.26. The monoisotopic (exact) mass is 221 g/mol. The van der Waals surface area contributed by atoms with E-state index in [9.17, 15) is 0 Å². The van der Waals surface area contributed by atoms with Crippen molar-refractivity contribution in [2.75, 3.05) is 19.7 Å². The minimum atomic E-state index is -0.313. The van der Waals surface area contributed by atoms with Crippen LogP contribution >= 0.6 is 0 Å². The molecule has 1 aliphatic heterocycles. The van der Waals surface area contributed by atoms with Crippen LogP contribution in [0.2, 0.25) is 0 Å². The number of nitrogens with zero attached hydrogens (tertiary/aromatic N) is 5. The zero-order chi connectivity index (χ0) is 11.4. The molecule has 2 rings (SSSR count). The van der Waals surface area contributed by atoms with E-state index in [-0.39, 0.29) is 6.10 Å². The van der Waals surface area contributed by atoms with Crippen LogP contribution in [-0.2, 0) is 17.8 Å². The molecule has 0 bridgehead atoms. The molecule has 0 radical (unpaired) electrons. The molecule has 86 valence electrons. The summed E-state index contributed by atoms with van der Waals surface area (Å²) < 4.78 is 7.16. The van der Waals surface area contributed by atoms with E-state index in [1.165, 1.54) is 0 Å². The minimum Gasteiger partial charge on any atom is -0.361 e. The Morgan fingerprint density at radius 2 is 2.56 bits per heavy atom. The van der Waals surface area contributed by atoms with Gasteiger partial charge in [-0.3, -0.25) is 4.90 Å². The van der Waals surface area contributed by atoms with Crippen molar-refractivity contribution in [3.63, 3.8) is 0 Å². The molecule has 1 unspecified atom stereocenters. The normalized spacial score (nSPS) is 21.9. The van der Waals surface area contributed by atoms with Gasteiger partial charge in [0.25, 0.3) is 0 Å². The van der Waals surface area contributed by atoms with Crippen molar-refractivity contribution in [1.29, 1.82) is 5.26 Å². The van der Waals surface area contributed by atoms with Crippen LogP contribution in [0.3, 0.4) is 0 Å². The van der Waals surface area contributed by atoms with Crippen LogP contribution < -0.4 is 0 Å². The summed E-state index contributed by atoms with van der Waals surface area (Å²) in [4.78, 5) is 6.39. The first kappa shape index (κ1) is 11.0. The smallest absolute Gasteiger partial charge is 0.156 e. The Morgan fingerprint density at radius 1 is 1.69 bits per heavy atom. The van der Waals surface area contributed by atoms with Gasteiger partial charge in [0.15, 0.2) is 6.10 Å². The van der Waals surface area contributed by atoms with Crippen molar-refractivity contribution in [1.82, 2.24) is 19.7 Å². The molecule has 0 spiro atoms. The fraction of sp³-hybridized carbons (Fsp3) is 0.700. The second-order valence-corrected chi connectivity index (χ2v) is 3.72. The second kappa shape index (κ2) is 5.05. The minimum absolute atomic E-state index is 0.313. The standard InChI is InChI=1S/C10H15N5O/c1-2-15-10(12-8-13-15)7-14-3-4-16-9(5-11)6-14/h8-9H,2-4,6-7H2,1H3. The zero-order valence-corrected chi connectivity index (χ0v) is 9.33. The van der Waals surface area contributed by atoms with Crippen LogP contribution in [0.4, 0.5) is 0 Å². The average molecular weight is 221 g/mol. The lowest BCUT2D eigenvalue weighted by Crippen LogP contribution is -2.41. The van der Waals surface area contributed by atoms with Crippen LogP contribution in [0.25, 0.3) is 0 Å². The molecule has 0 aliphatic carbocycles. The second-order valence-electron chi connectivity index (χ2n) is 3.72. The molecule has 1 fully saturated rings. The molecule has 1 aromatic heterocycles. The number of rotatable bonds is 3. The number of aromatic nitrogens is 3. The van der Waals surface area contributed by atoms with E-state index in [1.807, 2.05) is 11.6 Å². The van der Waals surface area contributed by atoms with E-state index in [1.54, 1.807) is 6.33 Å². The van der Waals surface area contributed by atoms with Gasteiger partial charge in [0, 0.05) is 19.6 Å². The van der Waals surface area contributed by atoms with Gasteiger partial charge < -0.3 is 4.74 Å². The lowest BCUT2D eigenvalue weighted by molar-refractivity contribution is -0.00403. The van der Waals surface area contributed by atoms with Crippen LogP contribution in [0.15, 0.2) is 6.33 Å². The van der Waals surface area contributed by atoms with Gasteiger partial charge in [0.1, 0.15) is 12.2 Å². The third kappa shape index (κ3) is 2.38. The fourth-order valence-electron chi connectivity index (χ4n) is 1.80. The van der Waals surface area contributed by atoms with Gasteiger partial charge in [-0.1, -0.05) is 0 Å². The molecule has 0 saturated carbocycles. The fourth-order valence-corrected chi connectivity index (χ4v) is 1.80. The maximum Gasteiger partial charge on any atom is 0.156 e. The molecular weight excluding hydrogens is 206 g/mol. The molecule has 1 aliphatic rings. The third-order valence-corrected chi connectivity index (χ3v) is 2.65. The number of hydrogen-bond acceptors (Lipinski definition) is 5. The first-order valence-corrected chi connectivity index (χ1v) is 5.43. The van der Waals surface area contributed by atoms with Gasteiger partial charge in [-0.05, 0) is 6.92 Å². The molecule has 16 heavy (non-hydrogen) atoms. The lowest BCUT2D eigenvalue weighted by Gasteiger charge is -2.29. The predicted octanol–water partition coefficient (Wildman–Crippen LogP) is 0.0224. The highest BCUT2D eigenvalue weighted by Gasteiger charge is 2.21. The summed E-state index contributed by atoms with van der Waals surface area (Å²) >= 11 is 0. The Bertz CT molecular complexity index is 383. The molecule has 1 atom stereocenters. The Balaban J connectivity index is 1.97. The largest absolute Gasteiger partial charge is 0.361 e. The number of aryl methyl sites for hydroxylation is 1. The van der Waals surface area contributed by atoms with Gasteiger partial charge >= 0.3 is 0 Å². The van der Waals surface area contributed by atoms with Gasteiger partial charge in [0.2, 0.25) is 0 Å². The van der Waals surface area contributed by atoms with E-state index in [2.05, 4.69) is 21.1 Å². The summed E-state index contributed by atoms with van der Waals surface area (Å²) in [6, 6.07) is 2.14. The molecule has 0 N–H and O–H groups in total. The highest BCUT2D eigenvalue weighted by atomic mass is 16.5. The summed E-state index contributed by atoms with van der Waals surface area (Å²) in [5, 5.41) is 12.9. The number of nitriles is 1. The van der Waals surface area contributed by atoms with Crippen molar-refractivity contribution in [3.05, 3.63) is 12.2 Å². The number of morpholine rings is 1. The highest BCUT2D eigenvalue weighted by molar-refractivity contribution is 4.92. The van der Waals surface area contributed by atoms with Crippen LogP contribution in [-0.4, -0.2) is 45.5 Å². The molecule has 0 aromatic carbocycles. The molecule has 6 heteroatoms. The summed E-state index contributed by atoms with van der Waals surface area (Å²) in [7, 11) is 0. The van der Waals surface area contributed by atoms with Crippen LogP contribution in [0.1, 0.15) is 12.7 Å². The van der Waals surface area contributed by atoms with Crippen molar-refractivity contribution < 1.29 is 4.74 Å². The van der Waals surface area contributed by atoms with Crippen molar-refractivity contribution >= 4 is 0 Å². The number of ether oxygens (including phenoxy) is 1. The third-order valence-electron chi connectivity index (χ3n) is 2.65. The summed E-state index contributed by atoms with van der Waals surface area (Å²) in [6.45, 7) is 5.69. The van der Waals surface area contributed by atoms with E-state index in [0.717, 1.165) is 25.5 Å². The highest BCUT2D eigenvalue weighted by Crippen LogP contribution is 2.08. The molecule has 1 aromatic rings. The summed E-state index contributed by atoms with van der Waals surface area (Å²) in [5.74, 6) is 0.945. The van der Waals surface area contributed by atoms with E-state index in [4.69, 9.17) is 10.00 Å². The zero-order valence-electron chi connectivity index (χ0n) is 9.33. The Labute approximate surface area is 94.4 Å². The SMILES string of the molecule is CCn1ncnc1CN1CCOC(C#N)C1. The first-order chi connectivity index (χ1) is 7.83. The molecule has 0 amide bonds. The predicted molar refractivity (Wildman–Crippen MR) is 56.3 cm³/mol. The van der Waals surface area contributed by atoms with E-state index in [0.29, 0.717) is 13.2 Å². The number of hydrogen-bond donors (Lipinski definition) is 0. The Hall–Kier alpha value is -1.45. The van der Waals surface area contributed by atoms with E-state index >= 15 is 0 Å². The first-order valence-electron chi connectivity index (χ1n) is 5.43. The Kier molecular flexibility index (Phi) is 3.49. The van der Waals surface area contributed by atoms with E-state index < -0.39 is 0 Å². The van der Waals surface area contributed by atoms with Crippen LogP contribution in [0.5, 0.6) is 0 Å². The van der Waals surface area contributed by atoms with Gasteiger partial charge in [-0.15, -0.1) is 0 Å². The quantitative estimate of drug-likeness (QED) is 0.720. The van der Waals surface area contributed by atoms with Gasteiger partial charge in [0.05, 0.1) is 19.2 Å². The topological polar surface area (TPSA) is 67.0 Å². The summed E-state index contributed by atoms with van der Waals surface area (Å²) in [5.41, 5.74) is 0. The van der Waals surface area contributed by atoms with Crippen molar-refractivity contribution in [2.24, 2.45) is 0 Å². The maximum absolute atomic E-state index is 8.80. The van der Waals surface area contributed by atoms with Gasteiger partial charge in [-0.2, -0.15) is 10.4 Å². The lowest BCUT2D eigenvalue weighted by atomic mass is 10.3. The van der Waals surface area contributed by atoms with Gasteiger partial charge in [-0.25, -0.2) is 9.67 Å². The maximum atomic E-state index is 8.80. The molecular formula is C10H15N5O. The van der Waals surface area contributed by atoms with Crippen LogP contribution in [0, 0.1) is 11.3 Å². The van der Waals surface area contributed by atoms with Crippen molar-refractivity contribution in [3.8, 4) is 6.07 Å². The van der Waals surface area contributed by atoms with Crippen molar-refractivity contribution in [2.45, 2.75) is 26.1 Å².